The molecule has 0 bridgehead atoms. The normalized spacial score (nSPS) is 25.8. The van der Waals surface area contributed by atoms with E-state index < -0.39 is 0 Å². The van der Waals surface area contributed by atoms with Crippen LogP contribution in [0.5, 0.6) is 0 Å². The first-order chi connectivity index (χ1) is 8.20. The van der Waals surface area contributed by atoms with Crippen LogP contribution in [-0.2, 0) is 6.54 Å². The zero-order valence-electron chi connectivity index (χ0n) is 10.7. The third kappa shape index (κ3) is 2.96. The Morgan fingerprint density at radius 2 is 2.12 bits per heavy atom. The van der Waals surface area contributed by atoms with Crippen LogP contribution in [0.1, 0.15) is 38.8 Å². The molecule has 0 spiro atoms. The lowest BCUT2D eigenvalue weighted by atomic mass is 9.97. The number of nitrogens with one attached hydrogen (secondary N) is 1. The molecular weight excluding hydrogens is 212 g/mol. The molecule has 3 N–H and O–H groups in total. The Balaban J connectivity index is 2.07. The summed E-state index contributed by atoms with van der Waals surface area (Å²) in [6.45, 7) is 5.53. The average Bonchev–Trinajstić information content (AvgIpc) is 2.34. The molecule has 94 valence electrons. The Kier molecular flexibility index (Phi) is 3.97. The predicted octanol–water partition coefficient (Wildman–Crippen LogP) is 2.13. The van der Waals surface area contributed by atoms with Crippen LogP contribution in [0, 0.1) is 0 Å². The van der Waals surface area contributed by atoms with Gasteiger partial charge in [0.25, 0.3) is 0 Å². The van der Waals surface area contributed by atoms with Gasteiger partial charge in [-0.05, 0) is 38.8 Å². The predicted molar refractivity (Wildman–Crippen MR) is 70.4 cm³/mol. The summed E-state index contributed by atoms with van der Waals surface area (Å²) in [5, 5.41) is 0. The molecule has 1 aliphatic rings. The second kappa shape index (κ2) is 5.47. The molecule has 0 unspecified atom stereocenters. The van der Waals surface area contributed by atoms with Crippen molar-refractivity contribution in [1.82, 2.24) is 9.88 Å². The number of hydrogen-bond donors (Lipinski definition) is 2. The molecule has 0 amide bonds. The van der Waals surface area contributed by atoms with E-state index in [9.17, 15) is 0 Å². The number of hydrogen-bond acceptors (Lipinski definition) is 4. The van der Waals surface area contributed by atoms with Gasteiger partial charge in [0, 0.05) is 24.8 Å². The Morgan fingerprint density at radius 1 is 1.41 bits per heavy atom. The number of piperidine rings is 1. The Morgan fingerprint density at radius 3 is 2.76 bits per heavy atom. The van der Waals surface area contributed by atoms with Gasteiger partial charge in [-0.3, -0.25) is 15.7 Å². The Labute approximate surface area is 103 Å². The van der Waals surface area contributed by atoms with Crippen molar-refractivity contribution in [2.24, 2.45) is 5.84 Å². The van der Waals surface area contributed by atoms with Crippen molar-refractivity contribution in [3.8, 4) is 0 Å². The van der Waals surface area contributed by atoms with Gasteiger partial charge in [-0.2, -0.15) is 0 Å². The molecule has 1 aromatic heterocycles. The van der Waals surface area contributed by atoms with Crippen LogP contribution >= 0.6 is 0 Å². The van der Waals surface area contributed by atoms with Crippen molar-refractivity contribution in [3.05, 3.63) is 24.0 Å². The van der Waals surface area contributed by atoms with E-state index in [1.165, 1.54) is 19.3 Å². The maximum Gasteiger partial charge on any atom is 0.0565 e. The number of pyridine rings is 1. The number of hydrazine groups is 1. The molecule has 0 saturated carbocycles. The maximum atomic E-state index is 5.42. The Bertz CT molecular complexity index is 356. The van der Waals surface area contributed by atoms with Crippen LogP contribution in [0.15, 0.2) is 18.3 Å². The van der Waals surface area contributed by atoms with Gasteiger partial charge in [-0.15, -0.1) is 0 Å². The Hall–Kier alpha value is -1.13. The van der Waals surface area contributed by atoms with E-state index in [-0.39, 0.29) is 0 Å². The molecule has 0 aliphatic carbocycles. The highest BCUT2D eigenvalue weighted by atomic mass is 15.2. The number of rotatable bonds is 3. The minimum Gasteiger partial charge on any atom is -0.324 e. The fourth-order valence-electron chi connectivity index (χ4n) is 2.63. The molecule has 0 aromatic carbocycles. The lowest BCUT2D eigenvalue weighted by Crippen LogP contribution is -2.43. The lowest BCUT2D eigenvalue weighted by molar-refractivity contribution is 0.0938. The van der Waals surface area contributed by atoms with E-state index >= 15 is 0 Å². The molecule has 2 atom stereocenters. The summed E-state index contributed by atoms with van der Waals surface area (Å²) in [6.07, 6.45) is 5.73. The molecule has 1 aliphatic heterocycles. The standard InChI is InChI=1S/C13H22N4/c1-10-4-3-5-11(2)17(10)9-13-8-12(16-14)6-7-15-13/h6-8,10-11H,3-5,9,14H2,1-2H3,(H,15,16)/t10-,11+. The van der Waals surface area contributed by atoms with Crippen LogP contribution in [-0.4, -0.2) is 22.0 Å². The molecule has 2 heterocycles. The van der Waals surface area contributed by atoms with Gasteiger partial charge in [0.2, 0.25) is 0 Å². The monoisotopic (exact) mass is 234 g/mol. The molecule has 1 fully saturated rings. The third-order valence-corrected chi connectivity index (χ3v) is 3.70. The highest BCUT2D eigenvalue weighted by Crippen LogP contribution is 2.24. The topological polar surface area (TPSA) is 54.2 Å². The number of anilines is 1. The molecule has 1 aromatic rings. The SMILES string of the molecule is C[C@@H]1CCC[C@H](C)N1Cc1cc(NN)ccn1. The zero-order chi connectivity index (χ0) is 12.3. The summed E-state index contributed by atoms with van der Waals surface area (Å²) in [7, 11) is 0. The number of likely N-dealkylation sites (tertiary alicyclic amines) is 1. The van der Waals surface area contributed by atoms with E-state index in [0.29, 0.717) is 12.1 Å². The first kappa shape index (κ1) is 12.3. The van der Waals surface area contributed by atoms with Crippen LogP contribution in [0.2, 0.25) is 0 Å². The molecule has 0 radical (unpaired) electrons. The van der Waals surface area contributed by atoms with Crippen LogP contribution in [0.25, 0.3) is 0 Å². The second-order valence-corrected chi connectivity index (χ2v) is 4.98. The number of nitrogens with two attached hydrogens (primary N) is 1. The third-order valence-electron chi connectivity index (χ3n) is 3.70. The minimum absolute atomic E-state index is 0.648. The second-order valence-electron chi connectivity index (χ2n) is 4.98. The summed E-state index contributed by atoms with van der Waals surface area (Å²) < 4.78 is 0. The van der Waals surface area contributed by atoms with Gasteiger partial charge in [0.05, 0.1) is 11.4 Å². The summed E-state index contributed by atoms with van der Waals surface area (Å²) in [4.78, 5) is 6.95. The van der Waals surface area contributed by atoms with Crippen LogP contribution in [0.3, 0.4) is 0 Å². The fraction of sp³-hybridized carbons (Fsp3) is 0.615. The lowest BCUT2D eigenvalue weighted by Gasteiger charge is -2.38. The van der Waals surface area contributed by atoms with Gasteiger partial charge in [0.15, 0.2) is 0 Å². The van der Waals surface area contributed by atoms with E-state index in [1.54, 1.807) is 0 Å². The fourth-order valence-corrected chi connectivity index (χ4v) is 2.63. The number of aromatic nitrogens is 1. The van der Waals surface area contributed by atoms with E-state index in [1.807, 2.05) is 18.3 Å². The molecule has 2 rings (SSSR count). The van der Waals surface area contributed by atoms with Crippen molar-refractivity contribution in [1.29, 1.82) is 0 Å². The van der Waals surface area contributed by atoms with Gasteiger partial charge in [-0.25, -0.2) is 0 Å². The molecule has 4 nitrogen and oxygen atoms in total. The molecule has 4 heteroatoms. The highest BCUT2D eigenvalue weighted by molar-refractivity contribution is 5.41. The summed E-state index contributed by atoms with van der Waals surface area (Å²) in [5.41, 5.74) is 4.68. The highest BCUT2D eigenvalue weighted by Gasteiger charge is 2.24. The average molecular weight is 234 g/mol. The molecular formula is C13H22N4. The van der Waals surface area contributed by atoms with Crippen molar-refractivity contribution >= 4 is 5.69 Å². The zero-order valence-corrected chi connectivity index (χ0v) is 10.7. The largest absolute Gasteiger partial charge is 0.324 e. The number of nitrogens with zero attached hydrogens (tertiary/aromatic N) is 2. The van der Waals surface area contributed by atoms with Gasteiger partial charge < -0.3 is 5.43 Å². The van der Waals surface area contributed by atoms with Crippen molar-refractivity contribution in [3.63, 3.8) is 0 Å². The van der Waals surface area contributed by atoms with Crippen molar-refractivity contribution < 1.29 is 0 Å². The van der Waals surface area contributed by atoms with Gasteiger partial charge >= 0.3 is 0 Å². The maximum absolute atomic E-state index is 5.42. The first-order valence-corrected chi connectivity index (χ1v) is 6.38. The number of nitrogen functional groups attached to an aromatic ring is 1. The first-order valence-electron chi connectivity index (χ1n) is 6.38. The molecule has 1 saturated heterocycles. The minimum atomic E-state index is 0.648. The van der Waals surface area contributed by atoms with E-state index in [0.717, 1.165) is 17.9 Å². The summed E-state index contributed by atoms with van der Waals surface area (Å²) >= 11 is 0. The molecule has 17 heavy (non-hydrogen) atoms. The smallest absolute Gasteiger partial charge is 0.0565 e. The van der Waals surface area contributed by atoms with Gasteiger partial charge in [0.1, 0.15) is 0 Å². The van der Waals surface area contributed by atoms with E-state index in [2.05, 4.69) is 29.2 Å². The van der Waals surface area contributed by atoms with Crippen LogP contribution < -0.4 is 11.3 Å². The quantitative estimate of drug-likeness (QED) is 0.621. The summed E-state index contributed by atoms with van der Waals surface area (Å²) in [5.74, 6) is 5.42. The van der Waals surface area contributed by atoms with Crippen molar-refractivity contribution in [2.45, 2.75) is 51.7 Å². The van der Waals surface area contributed by atoms with Crippen molar-refractivity contribution in [2.75, 3.05) is 5.43 Å². The summed E-state index contributed by atoms with van der Waals surface area (Å²) in [6, 6.07) is 5.20. The van der Waals surface area contributed by atoms with Crippen LogP contribution in [0.4, 0.5) is 5.69 Å². The van der Waals surface area contributed by atoms with E-state index in [4.69, 9.17) is 5.84 Å². The van der Waals surface area contributed by atoms with Gasteiger partial charge in [-0.1, -0.05) is 6.42 Å².